The van der Waals surface area contributed by atoms with E-state index in [4.69, 9.17) is 4.74 Å². The highest BCUT2D eigenvalue weighted by Gasteiger charge is 2.31. The third kappa shape index (κ3) is 3.23. The van der Waals surface area contributed by atoms with Crippen LogP contribution in [0.4, 0.5) is 11.4 Å². The number of unbranched alkanes of at least 4 members (excludes halogenated alkanes) is 2. The minimum Gasteiger partial charge on any atom is -0.497 e. The van der Waals surface area contributed by atoms with Gasteiger partial charge in [0.05, 0.1) is 18.4 Å². The van der Waals surface area contributed by atoms with Crippen molar-refractivity contribution in [3.63, 3.8) is 0 Å². The van der Waals surface area contributed by atoms with Crippen molar-refractivity contribution in [2.45, 2.75) is 38.8 Å². The summed E-state index contributed by atoms with van der Waals surface area (Å²) in [6, 6.07) is 15.8. The van der Waals surface area contributed by atoms with E-state index in [0.29, 0.717) is 5.56 Å². The first-order chi connectivity index (χ1) is 11.7. The number of hydrogen-bond acceptors (Lipinski definition) is 3. The number of carbonyl (C=O) groups is 1. The molecule has 0 fully saturated rings. The number of rotatable bonds is 6. The van der Waals surface area contributed by atoms with Gasteiger partial charge in [-0.1, -0.05) is 38.0 Å². The van der Waals surface area contributed by atoms with Crippen LogP contribution < -0.4 is 15.0 Å². The number of benzene rings is 2. The van der Waals surface area contributed by atoms with E-state index in [2.05, 4.69) is 29.3 Å². The zero-order valence-corrected chi connectivity index (χ0v) is 14.3. The van der Waals surface area contributed by atoms with Crippen molar-refractivity contribution in [2.75, 3.05) is 12.0 Å². The third-order valence-electron chi connectivity index (χ3n) is 4.43. The number of methoxy groups -OCH3 is 1. The lowest BCUT2D eigenvalue weighted by Crippen LogP contribution is -2.50. The van der Waals surface area contributed by atoms with E-state index in [-0.39, 0.29) is 12.1 Å². The van der Waals surface area contributed by atoms with Crippen LogP contribution in [0.3, 0.4) is 0 Å². The van der Waals surface area contributed by atoms with Gasteiger partial charge in [0.25, 0.3) is 5.91 Å². The van der Waals surface area contributed by atoms with Crippen molar-refractivity contribution in [3.8, 4) is 5.75 Å². The Morgan fingerprint density at radius 3 is 2.62 bits per heavy atom. The van der Waals surface area contributed by atoms with Crippen LogP contribution in [0.1, 0.15) is 43.0 Å². The summed E-state index contributed by atoms with van der Waals surface area (Å²) in [4.78, 5) is 14.7. The van der Waals surface area contributed by atoms with Gasteiger partial charge in [-0.05, 0) is 37.1 Å². The van der Waals surface area contributed by atoms with E-state index in [9.17, 15) is 4.79 Å². The fourth-order valence-electron chi connectivity index (χ4n) is 3.19. The monoisotopic (exact) mass is 324 g/mol. The number of fused-ring (bicyclic) bond motifs is 1. The Balaban J connectivity index is 2.03. The standard InChI is InChI=1S/C20H24N2O2/c1-3-4-6-11-19-21-20(23)17-13-12-16(24-2)14-18(17)22(19)15-9-7-5-8-10-15/h5,7-10,12-14,19H,3-4,6,11H2,1-2H3,(H,21,23). The molecule has 0 bridgehead atoms. The Labute approximate surface area is 143 Å². The maximum absolute atomic E-state index is 12.5. The van der Waals surface area contributed by atoms with Gasteiger partial charge in [-0.2, -0.15) is 0 Å². The van der Waals surface area contributed by atoms with Gasteiger partial charge >= 0.3 is 0 Å². The summed E-state index contributed by atoms with van der Waals surface area (Å²) >= 11 is 0. The van der Waals surface area contributed by atoms with E-state index >= 15 is 0 Å². The highest BCUT2D eigenvalue weighted by Crippen LogP contribution is 2.37. The molecule has 1 N–H and O–H groups in total. The Kier molecular flexibility index (Phi) is 5.04. The lowest BCUT2D eigenvalue weighted by Gasteiger charge is -2.39. The molecule has 1 atom stereocenters. The topological polar surface area (TPSA) is 41.6 Å². The molecule has 1 unspecified atom stereocenters. The molecule has 2 aromatic rings. The fraction of sp³-hybridized carbons (Fsp3) is 0.350. The first kappa shape index (κ1) is 16.4. The molecule has 1 amide bonds. The number of nitrogens with zero attached hydrogens (tertiary/aromatic N) is 1. The Hall–Kier alpha value is -2.49. The smallest absolute Gasteiger partial charge is 0.255 e. The zero-order valence-electron chi connectivity index (χ0n) is 14.3. The zero-order chi connectivity index (χ0) is 16.9. The maximum atomic E-state index is 12.5. The van der Waals surface area contributed by atoms with Crippen molar-refractivity contribution >= 4 is 17.3 Å². The molecule has 0 aliphatic carbocycles. The average Bonchev–Trinajstić information content (AvgIpc) is 2.62. The van der Waals surface area contributed by atoms with E-state index in [0.717, 1.165) is 36.4 Å². The van der Waals surface area contributed by atoms with Gasteiger partial charge in [0, 0.05) is 11.8 Å². The van der Waals surface area contributed by atoms with Gasteiger partial charge in [0.15, 0.2) is 0 Å². The molecule has 0 saturated heterocycles. The minimum absolute atomic E-state index is 0.0127. The second kappa shape index (κ2) is 7.39. The summed E-state index contributed by atoms with van der Waals surface area (Å²) in [7, 11) is 1.65. The number of para-hydroxylation sites is 1. The predicted molar refractivity (Wildman–Crippen MR) is 97.0 cm³/mol. The Bertz CT molecular complexity index is 700. The first-order valence-corrected chi connectivity index (χ1v) is 8.57. The van der Waals surface area contributed by atoms with Crippen LogP contribution in [-0.2, 0) is 0 Å². The van der Waals surface area contributed by atoms with Gasteiger partial charge in [-0.15, -0.1) is 0 Å². The molecule has 126 valence electrons. The lowest BCUT2D eigenvalue weighted by atomic mass is 10.0. The summed E-state index contributed by atoms with van der Waals surface area (Å²) in [5.74, 6) is 0.748. The SMILES string of the molecule is CCCCCC1NC(=O)c2ccc(OC)cc2N1c1ccccc1. The molecule has 2 aromatic carbocycles. The molecule has 0 spiro atoms. The van der Waals surface area contributed by atoms with Crippen molar-refractivity contribution < 1.29 is 9.53 Å². The number of anilines is 2. The van der Waals surface area contributed by atoms with Crippen molar-refractivity contribution in [1.82, 2.24) is 5.32 Å². The Morgan fingerprint density at radius 1 is 1.12 bits per heavy atom. The second-order valence-corrected chi connectivity index (χ2v) is 6.07. The van der Waals surface area contributed by atoms with E-state index < -0.39 is 0 Å². The summed E-state index contributed by atoms with van der Waals surface area (Å²) in [5.41, 5.74) is 2.67. The summed E-state index contributed by atoms with van der Waals surface area (Å²) in [6.07, 6.45) is 4.30. The van der Waals surface area contributed by atoms with Gasteiger partial charge < -0.3 is 15.0 Å². The number of ether oxygens (including phenoxy) is 1. The molecule has 1 aliphatic rings. The van der Waals surface area contributed by atoms with Crippen LogP contribution in [0.5, 0.6) is 5.75 Å². The highest BCUT2D eigenvalue weighted by atomic mass is 16.5. The predicted octanol–water partition coefficient (Wildman–Crippen LogP) is 4.48. The molecule has 0 saturated carbocycles. The van der Waals surface area contributed by atoms with Crippen molar-refractivity contribution in [2.24, 2.45) is 0 Å². The maximum Gasteiger partial charge on any atom is 0.255 e. The van der Waals surface area contributed by atoms with Crippen molar-refractivity contribution in [3.05, 3.63) is 54.1 Å². The van der Waals surface area contributed by atoms with E-state index in [1.807, 2.05) is 36.4 Å². The van der Waals surface area contributed by atoms with Gasteiger partial charge in [0.2, 0.25) is 0 Å². The van der Waals surface area contributed by atoms with Crippen molar-refractivity contribution in [1.29, 1.82) is 0 Å². The normalized spacial score (nSPS) is 16.5. The molecular weight excluding hydrogens is 300 g/mol. The van der Waals surface area contributed by atoms with Gasteiger partial charge in [0.1, 0.15) is 11.9 Å². The highest BCUT2D eigenvalue weighted by molar-refractivity contribution is 6.03. The molecule has 24 heavy (non-hydrogen) atoms. The molecule has 1 aliphatic heterocycles. The van der Waals surface area contributed by atoms with Crippen LogP contribution in [0.2, 0.25) is 0 Å². The van der Waals surface area contributed by atoms with E-state index in [1.54, 1.807) is 7.11 Å². The van der Waals surface area contributed by atoms with Crippen LogP contribution in [0.15, 0.2) is 48.5 Å². The minimum atomic E-state index is -0.0361. The van der Waals surface area contributed by atoms with Gasteiger partial charge in [-0.25, -0.2) is 0 Å². The molecule has 0 radical (unpaired) electrons. The number of amides is 1. The average molecular weight is 324 g/mol. The molecule has 1 heterocycles. The summed E-state index contributed by atoms with van der Waals surface area (Å²) < 4.78 is 5.38. The second-order valence-electron chi connectivity index (χ2n) is 6.07. The Morgan fingerprint density at radius 2 is 1.92 bits per heavy atom. The summed E-state index contributed by atoms with van der Waals surface area (Å²) in [5, 5.41) is 3.16. The third-order valence-corrected chi connectivity index (χ3v) is 4.43. The van der Waals surface area contributed by atoms with Crippen LogP contribution in [0.25, 0.3) is 0 Å². The molecule has 0 aromatic heterocycles. The molecule has 4 nitrogen and oxygen atoms in total. The number of carbonyl (C=O) groups excluding carboxylic acids is 1. The van der Waals surface area contributed by atoms with E-state index in [1.165, 1.54) is 6.42 Å². The lowest BCUT2D eigenvalue weighted by molar-refractivity contribution is 0.0927. The summed E-state index contributed by atoms with van der Waals surface area (Å²) in [6.45, 7) is 2.19. The van der Waals surface area contributed by atoms with Crippen LogP contribution >= 0.6 is 0 Å². The largest absolute Gasteiger partial charge is 0.497 e. The van der Waals surface area contributed by atoms with Crippen LogP contribution in [-0.4, -0.2) is 19.2 Å². The number of nitrogens with one attached hydrogen (secondary N) is 1. The first-order valence-electron chi connectivity index (χ1n) is 8.57. The van der Waals surface area contributed by atoms with Crippen LogP contribution in [0, 0.1) is 0 Å². The van der Waals surface area contributed by atoms with Gasteiger partial charge in [-0.3, -0.25) is 4.79 Å². The molecule has 4 heteroatoms. The number of hydrogen-bond donors (Lipinski definition) is 1. The molecule has 3 rings (SSSR count). The fourth-order valence-corrected chi connectivity index (χ4v) is 3.19. The molecular formula is C20H24N2O2. The quantitative estimate of drug-likeness (QED) is 0.796.